The van der Waals surface area contributed by atoms with E-state index in [2.05, 4.69) is 33.0 Å². The first-order chi connectivity index (χ1) is 7.86. The fourth-order valence-electron chi connectivity index (χ4n) is 1.55. The van der Waals surface area contributed by atoms with Crippen LogP contribution < -0.4 is 11.1 Å². The van der Waals surface area contributed by atoms with Gasteiger partial charge in [0.25, 0.3) is 0 Å². The molecule has 5 heteroatoms. The maximum Gasteiger partial charge on any atom is 0.222 e. The molecule has 0 aliphatic carbocycles. The van der Waals surface area contributed by atoms with Crippen LogP contribution in [0.5, 0.6) is 0 Å². The number of carbonyl (C=O) groups is 1. The lowest BCUT2D eigenvalue weighted by molar-refractivity contribution is -0.123. The number of nitrogens with one attached hydrogen (secondary N) is 1. The van der Waals surface area contributed by atoms with E-state index < -0.39 is 6.10 Å². The van der Waals surface area contributed by atoms with E-state index in [4.69, 9.17) is 5.73 Å². The summed E-state index contributed by atoms with van der Waals surface area (Å²) in [5, 5.41) is 12.6. The van der Waals surface area contributed by atoms with E-state index in [9.17, 15) is 9.90 Å². The average Bonchev–Trinajstić information content (AvgIpc) is 2.24. The van der Waals surface area contributed by atoms with Crippen molar-refractivity contribution in [1.29, 1.82) is 0 Å². The van der Waals surface area contributed by atoms with Crippen molar-refractivity contribution >= 4 is 18.3 Å². The van der Waals surface area contributed by atoms with Crippen LogP contribution in [0.1, 0.15) is 47.0 Å². The first-order valence-corrected chi connectivity index (χ1v) is 6.57. The fraction of sp³-hybridized carbons (Fsp3) is 0.923. The zero-order valence-electron chi connectivity index (χ0n) is 12.0. The van der Waals surface area contributed by atoms with Gasteiger partial charge < -0.3 is 16.2 Å². The quantitative estimate of drug-likeness (QED) is 0.633. The minimum atomic E-state index is -0.741. The molecule has 18 heavy (non-hydrogen) atoms. The van der Waals surface area contributed by atoms with E-state index in [0.29, 0.717) is 18.4 Å². The van der Waals surface area contributed by atoms with Crippen molar-refractivity contribution in [2.75, 3.05) is 6.54 Å². The Bertz CT molecular complexity index is 225. The van der Waals surface area contributed by atoms with Crippen molar-refractivity contribution in [1.82, 2.24) is 5.32 Å². The maximum atomic E-state index is 11.5. The van der Waals surface area contributed by atoms with Gasteiger partial charge in [0.1, 0.15) is 0 Å². The van der Waals surface area contributed by atoms with E-state index in [-0.39, 0.29) is 30.8 Å². The SMILES string of the molecule is CC[C@H](C)CNC(=O)C[C@H](O)[C@@H](N)CC(C)C.Cl. The Morgan fingerprint density at radius 1 is 1.33 bits per heavy atom. The minimum absolute atomic E-state index is 0. The molecule has 4 N–H and O–H groups in total. The molecule has 0 fully saturated rings. The predicted molar refractivity (Wildman–Crippen MR) is 77.8 cm³/mol. The van der Waals surface area contributed by atoms with Crippen LogP contribution in [-0.2, 0) is 4.79 Å². The molecular formula is C13H29ClN2O2. The molecule has 0 aromatic heterocycles. The predicted octanol–water partition coefficient (Wildman–Crippen LogP) is 1.69. The Balaban J connectivity index is 0. The molecule has 0 saturated heterocycles. The molecule has 0 saturated carbocycles. The topological polar surface area (TPSA) is 75.3 Å². The molecule has 0 aromatic carbocycles. The van der Waals surface area contributed by atoms with Crippen LogP contribution in [0, 0.1) is 11.8 Å². The van der Waals surface area contributed by atoms with Crippen LogP contribution >= 0.6 is 12.4 Å². The molecular weight excluding hydrogens is 252 g/mol. The summed E-state index contributed by atoms with van der Waals surface area (Å²) in [6.07, 6.45) is 1.13. The lowest BCUT2D eigenvalue weighted by Crippen LogP contribution is -2.40. The van der Waals surface area contributed by atoms with Crippen molar-refractivity contribution in [2.24, 2.45) is 17.6 Å². The Kier molecular flexibility index (Phi) is 11.8. The summed E-state index contributed by atoms with van der Waals surface area (Å²) in [7, 11) is 0. The van der Waals surface area contributed by atoms with E-state index in [1.807, 2.05) is 0 Å². The lowest BCUT2D eigenvalue weighted by Gasteiger charge is -2.20. The number of aliphatic hydroxyl groups is 1. The second-order valence-corrected chi connectivity index (χ2v) is 5.38. The van der Waals surface area contributed by atoms with E-state index in [0.717, 1.165) is 12.8 Å². The van der Waals surface area contributed by atoms with Gasteiger partial charge in [-0.05, 0) is 18.3 Å². The zero-order valence-corrected chi connectivity index (χ0v) is 12.8. The van der Waals surface area contributed by atoms with Gasteiger partial charge in [-0.3, -0.25) is 4.79 Å². The highest BCUT2D eigenvalue weighted by molar-refractivity contribution is 5.85. The first kappa shape index (κ1) is 20.0. The Morgan fingerprint density at radius 3 is 2.33 bits per heavy atom. The van der Waals surface area contributed by atoms with Gasteiger partial charge in [0, 0.05) is 12.6 Å². The second-order valence-electron chi connectivity index (χ2n) is 5.38. The van der Waals surface area contributed by atoms with Crippen molar-refractivity contribution < 1.29 is 9.90 Å². The number of rotatable bonds is 8. The number of hydrogen-bond acceptors (Lipinski definition) is 3. The van der Waals surface area contributed by atoms with E-state index in [1.165, 1.54) is 0 Å². The smallest absolute Gasteiger partial charge is 0.222 e. The molecule has 0 aromatic rings. The van der Waals surface area contributed by atoms with Gasteiger partial charge >= 0.3 is 0 Å². The third-order valence-electron chi connectivity index (χ3n) is 2.98. The molecule has 0 unspecified atom stereocenters. The van der Waals surface area contributed by atoms with Crippen LogP contribution in [0.15, 0.2) is 0 Å². The molecule has 1 amide bonds. The summed E-state index contributed by atoms with van der Waals surface area (Å²) in [6.45, 7) is 8.94. The molecule has 0 aliphatic rings. The number of carbonyl (C=O) groups excluding carboxylic acids is 1. The van der Waals surface area contributed by atoms with Gasteiger partial charge in [-0.25, -0.2) is 0 Å². The summed E-state index contributed by atoms with van der Waals surface area (Å²) in [5.41, 5.74) is 5.82. The average molecular weight is 281 g/mol. The number of hydrogen-bond donors (Lipinski definition) is 3. The van der Waals surface area contributed by atoms with Crippen LogP contribution in [0.2, 0.25) is 0 Å². The third-order valence-corrected chi connectivity index (χ3v) is 2.98. The van der Waals surface area contributed by atoms with Crippen LogP contribution in [0.3, 0.4) is 0 Å². The summed E-state index contributed by atoms with van der Waals surface area (Å²) >= 11 is 0. The van der Waals surface area contributed by atoms with Crippen molar-refractivity contribution in [2.45, 2.75) is 59.1 Å². The molecule has 4 nitrogen and oxygen atoms in total. The number of amides is 1. The Hall–Kier alpha value is -0.320. The van der Waals surface area contributed by atoms with Crippen LogP contribution in [0.4, 0.5) is 0 Å². The molecule has 0 aliphatic heterocycles. The van der Waals surface area contributed by atoms with Gasteiger partial charge in [-0.15, -0.1) is 12.4 Å². The summed E-state index contributed by atoms with van der Waals surface area (Å²) in [5.74, 6) is 0.792. The molecule has 3 atom stereocenters. The Labute approximate surface area is 117 Å². The molecule has 0 spiro atoms. The molecule has 0 heterocycles. The van der Waals surface area contributed by atoms with Crippen LogP contribution in [0.25, 0.3) is 0 Å². The highest BCUT2D eigenvalue weighted by Gasteiger charge is 2.19. The summed E-state index contributed by atoms with van der Waals surface area (Å²) in [4.78, 5) is 11.5. The first-order valence-electron chi connectivity index (χ1n) is 6.57. The van der Waals surface area contributed by atoms with Gasteiger partial charge in [0.15, 0.2) is 0 Å². The van der Waals surface area contributed by atoms with Crippen molar-refractivity contribution in [3.8, 4) is 0 Å². The number of nitrogens with two attached hydrogens (primary N) is 1. The summed E-state index contributed by atoms with van der Waals surface area (Å²) < 4.78 is 0. The molecule has 0 rings (SSSR count). The highest BCUT2D eigenvalue weighted by Crippen LogP contribution is 2.08. The summed E-state index contributed by atoms with van der Waals surface area (Å²) in [6, 6.07) is -0.315. The van der Waals surface area contributed by atoms with E-state index in [1.54, 1.807) is 0 Å². The lowest BCUT2D eigenvalue weighted by atomic mass is 9.98. The standard InChI is InChI=1S/C13H28N2O2.ClH/c1-5-10(4)8-15-13(17)7-12(16)11(14)6-9(2)3;/h9-12,16H,5-8,14H2,1-4H3,(H,15,17);1H/t10-,11-,12-;/m0./s1. The molecule has 110 valence electrons. The second kappa shape index (κ2) is 10.6. The largest absolute Gasteiger partial charge is 0.391 e. The van der Waals surface area contributed by atoms with E-state index >= 15 is 0 Å². The van der Waals surface area contributed by atoms with Gasteiger partial charge in [-0.2, -0.15) is 0 Å². The highest BCUT2D eigenvalue weighted by atomic mass is 35.5. The maximum absolute atomic E-state index is 11.5. The van der Waals surface area contributed by atoms with Gasteiger partial charge in [0.2, 0.25) is 5.91 Å². The van der Waals surface area contributed by atoms with Gasteiger partial charge in [-0.1, -0.05) is 34.1 Å². The zero-order chi connectivity index (χ0) is 13.4. The monoisotopic (exact) mass is 280 g/mol. The minimum Gasteiger partial charge on any atom is -0.391 e. The molecule has 0 bridgehead atoms. The number of halogens is 1. The van der Waals surface area contributed by atoms with Gasteiger partial charge in [0.05, 0.1) is 12.5 Å². The Morgan fingerprint density at radius 2 is 1.89 bits per heavy atom. The fourth-order valence-corrected chi connectivity index (χ4v) is 1.55. The van der Waals surface area contributed by atoms with Crippen LogP contribution in [-0.4, -0.2) is 29.7 Å². The molecule has 0 radical (unpaired) electrons. The normalized spacial score (nSPS) is 15.7. The third kappa shape index (κ3) is 9.68. The van der Waals surface area contributed by atoms with Crippen molar-refractivity contribution in [3.63, 3.8) is 0 Å². The number of aliphatic hydroxyl groups excluding tert-OH is 1. The van der Waals surface area contributed by atoms with Crippen molar-refractivity contribution in [3.05, 3.63) is 0 Å².